The normalized spacial score (nSPS) is 19.1. The van der Waals surface area contributed by atoms with E-state index >= 15 is 0 Å². The first-order valence-electron chi connectivity index (χ1n) is 6.86. The number of nitrogens with one attached hydrogen (secondary N) is 1. The van der Waals surface area contributed by atoms with Crippen LogP contribution in [-0.2, 0) is 9.59 Å². The molecule has 0 aromatic heterocycles. The quantitative estimate of drug-likeness (QED) is 0.734. The lowest BCUT2D eigenvalue weighted by Crippen LogP contribution is -2.47. The van der Waals surface area contributed by atoms with Gasteiger partial charge >= 0.3 is 5.97 Å². The first-order chi connectivity index (χ1) is 8.35. The summed E-state index contributed by atoms with van der Waals surface area (Å²) in [6.45, 7) is 6.59. The van der Waals surface area contributed by atoms with Crippen LogP contribution in [0.2, 0.25) is 0 Å². The molecule has 104 valence electrons. The van der Waals surface area contributed by atoms with Crippen molar-refractivity contribution in [1.29, 1.82) is 0 Å². The van der Waals surface area contributed by atoms with Crippen LogP contribution in [0.15, 0.2) is 0 Å². The van der Waals surface area contributed by atoms with E-state index in [0.29, 0.717) is 12.5 Å². The van der Waals surface area contributed by atoms with E-state index in [1.54, 1.807) is 0 Å². The number of carbonyl (C=O) groups excluding carboxylic acids is 1. The molecule has 0 aromatic rings. The second-order valence-corrected chi connectivity index (χ2v) is 6.14. The Balaban J connectivity index is 2.41. The van der Waals surface area contributed by atoms with Crippen LogP contribution in [0, 0.1) is 17.3 Å². The molecule has 4 heteroatoms. The number of carboxylic acid groups (broad SMARTS) is 1. The van der Waals surface area contributed by atoms with Crippen molar-refractivity contribution in [3.63, 3.8) is 0 Å². The van der Waals surface area contributed by atoms with Crippen LogP contribution in [0.25, 0.3) is 0 Å². The molecule has 1 saturated carbocycles. The molecular formula is C14H25NO3. The maximum atomic E-state index is 12.2. The molecule has 18 heavy (non-hydrogen) atoms. The van der Waals surface area contributed by atoms with Gasteiger partial charge < -0.3 is 10.4 Å². The van der Waals surface area contributed by atoms with E-state index in [2.05, 4.69) is 19.2 Å². The summed E-state index contributed by atoms with van der Waals surface area (Å²) >= 11 is 0. The number of amides is 1. The van der Waals surface area contributed by atoms with Gasteiger partial charge in [0, 0.05) is 18.4 Å². The number of hydrogen-bond donors (Lipinski definition) is 2. The molecular weight excluding hydrogens is 230 g/mol. The number of carboxylic acids is 1. The SMILES string of the molecule is CC(C)CC1(C(=O)NCC(C)CC(=O)O)CCC1. The van der Waals surface area contributed by atoms with Crippen molar-refractivity contribution in [1.82, 2.24) is 5.32 Å². The summed E-state index contributed by atoms with van der Waals surface area (Å²) in [6, 6.07) is 0. The van der Waals surface area contributed by atoms with E-state index < -0.39 is 5.97 Å². The lowest BCUT2D eigenvalue weighted by atomic mass is 9.64. The van der Waals surface area contributed by atoms with Gasteiger partial charge in [0.1, 0.15) is 0 Å². The van der Waals surface area contributed by atoms with E-state index in [-0.39, 0.29) is 23.7 Å². The molecule has 1 rings (SSSR count). The van der Waals surface area contributed by atoms with Crippen LogP contribution in [0.3, 0.4) is 0 Å². The minimum absolute atomic E-state index is 0.0115. The molecule has 1 atom stereocenters. The van der Waals surface area contributed by atoms with Crippen molar-refractivity contribution in [2.45, 2.75) is 52.9 Å². The maximum Gasteiger partial charge on any atom is 0.303 e. The molecule has 0 aromatic carbocycles. The Morgan fingerprint density at radius 2 is 1.89 bits per heavy atom. The van der Waals surface area contributed by atoms with E-state index in [1.807, 2.05) is 6.92 Å². The Kier molecular flexibility index (Phi) is 5.17. The second kappa shape index (κ2) is 6.21. The van der Waals surface area contributed by atoms with Crippen molar-refractivity contribution < 1.29 is 14.7 Å². The van der Waals surface area contributed by atoms with Crippen LogP contribution in [-0.4, -0.2) is 23.5 Å². The van der Waals surface area contributed by atoms with Gasteiger partial charge in [0.25, 0.3) is 0 Å². The number of rotatable bonds is 7. The Hall–Kier alpha value is -1.06. The Morgan fingerprint density at radius 1 is 1.28 bits per heavy atom. The topological polar surface area (TPSA) is 66.4 Å². The molecule has 2 N–H and O–H groups in total. The average Bonchev–Trinajstić information content (AvgIpc) is 2.18. The van der Waals surface area contributed by atoms with E-state index in [1.165, 1.54) is 0 Å². The zero-order valence-electron chi connectivity index (χ0n) is 11.7. The third kappa shape index (κ3) is 4.00. The summed E-state index contributed by atoms with van der Waals surface area (Å²) in [5.74, 6) is -0.174. The Morgan fingerprint density at radius 3 is 2.28 bits per heavy atom. The summed E-state index contributed by atoms with van der Waals surface area (Å²) in [5, 5.41) is 11.6. The summed E-state index contributed by atoms with van der Waals surface area (Å²) in [5.41, 5.74) is -0.170. The summed E-state index contributed by atoms with van der Waals surface area (Å²) in [7, 11) is 0. The Labute approximate surface area is 109 Å². The van der Waals surface area contributed by atoms with E-state index in [9.17, 15) is 9.59 Å². The summed E-state index contributed by atoms with van der Waals surface area (Å²) in [6.07, 6.45) is 4.13. The van der Waals surface area contributed by atoms with Crippen LogP contribution < -0.4 is 5.32 Å². The fourth-order valence-corrected chi connectivity index (χ4v) is 2.73. The molecule has 1 aliphatic rings. The van der Waals surface area contributed by atoms with Crippen LogP contribution in [0.4, 0.5) is 0 Å². The van der Waals surface area contributed by atoms with Crippen LogP contribution in [0.5, 0.6) is 0 Å². The van der Waals surface area contributed by atoms with Gasteiger partial charge in [0.15, 0.2) is 0 Å². The highest BCUT2D eigenvalue weighted by molar-refractivity contribution is 5.83. The van der Waals surface area contributed by atoms with Gasteiger partial charge in [-0.2, -0.15) is 0 Å². The average molecular weight is 255 g/mol. The minimum atomic E-state index is -0.808. The van der Waals surface area contributed by atoms with Crippen molar-refractivity contribution in [2.75, 3.05) is 6.54 Å². The van der Waals surface area contributed by atoms with Crippen molar-refractivity contribution in [3.8, 4) is 0 Å². The highest BCUT2D eigenvalue weighted by Gasteiger charge is 2.43. The number of carbonyl (C=O) groups is 2. The molecule has 1 aliphatic carbocycles. The molecule has 0 radical (unpaired) electrons. The van der Waals surface area contributed by atoms with Gasteiger partial charge in [-0.1, -0.05) is 27.2 Å². The second-order valence-electron chi connectivity index (χ2n) is 6.14. The standard InChI is InChI=1S/C14H25NO3/c1-10(2)8-14(5-4-6-14)13(18)15-9-11(3)7-12(16)17/h10-11H,4-9H2,1-3H3,(H,15,18)(H,16,17). The van der Waals surface area contributed by atoms with E-state index in [0.717, 1.165) is 25.7 Å². The molecule has 0 spiro atoms. The lowest BCUT2D eigenvalue weighted by molar-refractivity contribution is -0.140. The maximum absolute atomic E-state index is 12.2. The van der Waals surface area contributed by atoms with Gasteiger partial charge in [-0.05, 0) is 31.1 Å². The third-order valence-electron chi connectivity index (χ3n) is 3.73. The highest BCUT2D eigenvalue weighted by atomic mass is 16.4. The van der Waals surface area contributed by atoms with Gasteiger partial charge in [0.05, 0.1) is 0 Å². The first-order valence-corrected chi connectivity index (χ1v) is 6.86. The molecule has 4 nitrogen and oxygen atoms in total. The lowest BCUT2D eigenvalue weighted by Gasteiger charge is -2.41. The molecule has 0 heterocycles. The van der Waals surface area contributed by atoms with Gasteiger partial charge in [-0.25, -0.2) is 0 Å². The molecule has 1 amide bonds. The molecule has 0 saturated heterocycles. The molecule has 0 bridgehead atoms. The van der Waals surface area contributed by atoms with Crippen molar-refractivity contribution in [3.05, 3.63) is 0 Å². The van der Waals surface area contributed by atoms with Gasteiger partial charge in [-0.15, -0.1) is 0 Å². The van der Waals surface area contributed by atoms with Crippen LogP contribution >= 0.6 is 0 Å². The zero-order chi connectivity index (χ0) is 13.8. The van der Waals surface area contributed by atoms with Crippen LogP contribution in [0.1, 0.15) is 52.9 Å². The summed E-state index contributed by atoms with van der Waals surface area (Å²) < 4.78 is 0. The minimum Gasteiger partial charge on any atom is -0.481 e. The molecule has 0 aliphatic heterocycles. The molecule has 1 fully saturated rings. The number of aliphatic carboxylic acids is 1. The monoisotopic (exact) mass is 255 g/mol. The zero-order valence-corrected chi connectivity index (χ0v) is 11.7. The smallest absolute Gasteiger partial charge is 0.303 e. The number of hydrogen-bond acceptors (Lipinski definition) is 2. The Bertz CT molecular complexity index is 308. The van der Waals surface area contributed by atoms with Crippen molar-refractivity contribution >= 4 is 11.9 Å². The fraction of sp³-hybridized carbons (Fsp3) is 0.857. The third-order valence-corrected chi connectivity index (χ3v) is 3.73. The predicted octanol–water partition coefficient (Wildman–Crippen LogP) is 2.43. The molecule has 1 unspecified atom stereocenters. The van der Waals surface area contributed by atoms with E-state index in [4.69, 9.17) is 5.11 Å². The van der Waals surface area contributed by atoms with Gasteiger partial charge in [-0.3, -0.25) is 9.59 Å². The van der Waals surface area contributed by atoms with Gasteiger partial charge in [0.2, 0.25) is 5.91 Å². The first kappa shape index (κ1) is 15.0. The summed E-state index contributed by atoms with van der Waals surface area (Å²) in [4.78, 5) is 22.8. The van der Waals surface area contributed by atoms with Crippen molar-refractivity contribution in [2.24, 2.45) is 17.3 Å². The largest absolute Gasteiger partial charge is 0.481 e. The fourth-order valence-electron chi connectivity index (χ4n) is 2.73. The highest BCUT2D eigenvalue weighted by Crippen LogP contribution is 2.46. The predicted molar refractivity (Wildman–Crippen MR) is 70.2 cm³/mol.